The van der Waals surface area contributed by atoms with Crippen LogP contribution in [0.2, 0.25) is 0 Å². The number of hydrogen-bond donors (Lipinski definition) is 1. The fourth-order valence-corrected chi connectivity index (χ4v) is 5.32. The first-order valence-corrected chi connectivity index (χ1v) is 12.3. The van der Waals surface area contributed by atoms with Gasteiger partial charge in [0.2, 0.25) is 5.91 Å². The minimum atomic E-state index is -0.0489. The van der Waals surface area contributed by atoms with Crippen LogP contribution >= 0.6 is 23.5 Å². The molecule has 0 aliphatic carbocycles. The average molecular weight is 443 g/mol. The van der Waals surface area contributed by atoms with E-state index in [0.717, 1.165) is 17.7 Å². The van der Waals surface area contributed by atoms with Crippen LogP contribution in [0.4, 0.5) is 0 Å². The molecular formula is C24H30N2O2S2. The highest BCUT2D eigenvalue weighted by molar-refractivity contribution is 8.00. The van der Waals surface area contributed by atoms with Crippen molar-refractivity contribution in [2.75, 3.05) is 24.6 Å². The van der Waals surface area contributed by atoms with Gasteiger partial charge in [-0.2, -0.15) is 11.8 Å². The van der Waals surface area contributed by atoms with Gasteiger partial charge in [-0.1, -0.05) is 63.2 Å². The predicted molar refractivity (Wildman–Crippen MR) is 128 cm³/mol. The van der Waals surface area contributed by atoms with E-state index < -0.39 is 0 Å². The number of benzene rings is 2. The molecule has 1 saturated heterocycles. The van der Waals surface area contributed by atoms with Crippen LogP contribution in [0.25, 0.3) is 0 Å². The first-order chi connectivity index (χ1) is 14.3. The number of nitrogens with zero attached hydrogens (tertiary/aromatic N) is 1. The molecule has 0 spiro atoms. The van der Waals surface area contributed by atoms with Gasteiger partial charge in [0.05, 0.1) is 5.75 Å². The van der Waals surface area contributed by atoms with Crippen LogP contribution in [0.5, 0.6) is 0 Å². The fraction of sp³-hybridized carbons (Fsp3) is 0.417. The smallest absolute Gasteiger partial charge is 0.251 e. The van der Waals surface area contributed by atoms with E-state index in [-0.39, 0.29) is 21.9 Å². The third kappa shape index (κ3) is 6.54. The molecule has 1 fully saturated rings. The third-order valence-electron chi connectivity index (χ3n) is 4.83. The molecular weight excluding hydrogens is 412 g/mol. The van der Waals surface area contributed by atoms with Gasteiger partial charge in [0.1, 0.15) is 5.37 Å². The van der Waals surface area contributed by atoms with Crippen molar-refractivity contribution < 1.29 is 9.59 Å². The third-order valence-corrected chi connectivity index (χ3v) is 7.36. The Bertz CT molecular complexity index is 848. The van der Waals surface area contributed by atoms with E-state index in [9.17, 15) is 9.59 Å². The zero-order valence-electron chi connectivity index (χ0n) is 17.9. The van der Waals surface area contributed by atoms with Crippen LogP contribution in [0.1, 0.15) is 47.6 Å². The van der Waals surface area contributed by atoms with Gasteiger partial charge in [-0.25, -0.2) is 0 Å². The molecule has 1 heterocycles. The minimum absolute atomic E-state index is 0.0153. The van der Waals surface area contributed by atoms with Gasteiger partial charge in [-0.15, -0.1) is 11.8 Å². The molecule has 0 saturated carbocycles. The second-order valence-electron chi connectivity index (χ2n) is 8.32. The molecule has 6 heteroatoms. The summed E-state index contributed by atoms with van der Waals surface area (Å²) < 4.78 is 0.204. The Balaban J connectivity index is 1.56. The molecule has 4 nitrogen and oxygen atoms in total. The molecule has 3 rings (SSSR count). The molecule has 1 aliphatic heterocycles. The van der Waals surface area contributed by atoms with E-state index in [1.165, 1.54) is 5.56 Å². The van der Waals surface area contributed by atoms with Gasteiger partial charge >= 0.3 is 0 Å². The Morgan fingerprint density at radius 1 is 1.13 bits per heavy atom. The van der Waals surface area contributed by atoms with Gasteiger partial charge in [0, 0.05) is 29.2 Å². The molecule has 0 radical (unpaired) electrons. The van der Waals surface area contributed by atoms with E-state index in [1.807, 2.05) is 59.1 Å². The molecule has 0 unspecified atom stereocenters. The maximum atomic E-state index is 12.4. The topological polar surface area (TPSA) is 49.4 Å². The van der Waals surface area contributed by atoms with Crippen molar-refractivity contribution in [1.82, 2.24) is 10.2 Å². The lowest BCUT2D eigenvalue weighted by Gasteiger charge is -2.24. The maximum Gasteiger partial charge on any atom is 0.251 e. The lowest BCUT2D eigenvalue weighted by atomic mass is 10.1. The summed E-state index contributed by atoms with van der Waals surface area (Å²) in [6.07, 6.45) is 0.844. The number of carbonyl (C=O) groups is 2. The lowest BCUT2D eigenvalue weighted by molar-refractivity contribution is -0.128. The number of carbonyl (C=O) groups excluding carboxylic acids is 2. The quantitative estimate of drug-likeness (QED) is 0.599. The summed E-state index contributed by atoms with van der Waals surface area (Å²) in [5, 5.41) is 3.00. The van der Waals surface area contributed by atoms with Crippen LogP contribution in [0.15, 0.2) is 54.6 Å². The van der Waals surface area contributed by atoms with Crippen molar-refractivity contribution in [3.05, 3.63) is 71.3 Å². The number of hydrogen-bond acceptors (Lipinski definition) is 4. The summed E-state index contributed by atoms with van der Waals surface area (Å²) in [4.78, 5) is 26.8. The van der Waals surface area contributed by atoms with E-state index in [4.69, 9.17) is 0 Å². The van der Waals surface area contributed by atoms with Crippen molar-refractivity contribution in [3.8, 4) is 0 Å². The van der Waals surface area contributed by atoms with E-state index in [1.54, 1.807) is 11.8 Å². The van der Waals surface area contributed by atoms with Crippen molar-refractivity contribution in [1.29, 1.82) is 0 Å². The van der Waals surface area contributed by atoms with Gasteiger partial charge in [0.25, 0.3) is 5.91 Å². The van der Waals surface area contributed by atoms with Gasteiger partial charge in [-0.05, 0) is 29.7 Å². The zero-order valence-corrected chi connectivity index (χ0v) is 19.5. The number of rotatable bonds is 8. The number of nitrogens with one attached hydrogen (secondary N) is 1. The molecule has 30 heavy (non-hydrogen) atoms. The second-order valence-corrected chi connectivity index (χ2v) is 11.3. The average Bonchev–Trinajstić information content (AvgIpc) is 3.10. The highest BCUT2D eigenvalue weighted by Crippen LogP contribution is 2.38. The molecule has 1 N–H and O–H groups in total. The van der Waals surface area contributed by atoms with E-state index in [0.29, 0.717) is 24.4 Å². The first kappa shape index (κ1) is 22.8. The standard InChI is InChI=1S/C24H30N2O2S2/c1-24(2,3)30-16-14-25-22(28)19-9-11-20(12-10-19)23-26(21(27)17-29-23)15-13-18-7-5-4-6-8-18/h4-12,23H,13-17H2,1-3H3,(H,25,28)/t23-/m0/s1. The fourth-order valence-electron chi connectivity index (χ4n) is 3.29. The van der Waals surface area contributed by atoms with Gasteiger partial charge < -0.3 is 10.2 Å². The van der Waals surface area contributed by atoms with Crippen LogP contribution < -0.4 is 5.32 Å². The molecule has 2 aromatic rings. The van der Waals surface area contributed by atoms with Crippen LogP contribution in [-0.4, -0.2) is 46.1 Å². The van der Waals surface area contributed by atoms with E-state index in [2.05, 4.69) is 38.2 Å². The molecule has 2 aromatic carbocycles. The van der Waals surface area contributed by atoms with Crippen molar-refractivity contribution in [2.45, 2.75) is 37.3 Å². The van der Waals surface area contributed by atoms with Crippen molar-refractivity contribution in [3.63, 3.8) is 0 Å². The highest BCUT2D eigenvalue weighted by Gasteiger charge is 2.32. The minimum Gasteiger partial charge on any atom is -0.351 e. The predicted octanol–water partition coefficient (Wildman–Crippen LogP) is 4.76. The lowest BCUT2D eigenvalue weighted by Crippen LogP contribution is -2.30. The summed E-state index contributed by atoms with van der Waals surface area (Å²) in [6.45, 7) is 7.88. The van der Waals surface area contributed by atoms with Crippen LogP contribution in [0.3, 0.4) is 0 Å². The molecule has 160 valence electrons. The number of thioether (sulfide) groups is 2. The normalized spacial score (nSPS) is 16.7. The highest BCUT2D eigenvalue weighted by atomic mass is 32.2. The molecule has 0 bridgehead atoms. The summed E-state index contributed by atoms with van der Waals surface area (Å²) in [5.41, 5.74) is 2.96. The zero-order chi connectivity index (χ0) is 21.6. The molecule has 2 amide bonds. The largest absolute Gasteiger partial charge is 0.351 e. The van der Waals surface area contributed by atoms with Crippen LogP contribution in [0, 0.1) is 0 Å². The Morgan fingerprint density at radius 3 is 2.50 bits per heavy atom. The molecule has 0 aromatic heterocycles. The SMILES string of the molecule is CC(C)(C)SCCNC(=O)c1ccc([C@@H]2SCC(=O)N2CCc2ccccc2)cc1. The van der Waals surface area contributed by atoms with Crippen molar-refractivity contribution in [2.24, 2.45) is 0 Å². The molecule has 1 atom stereocenters. The van der Waals surface area contributed by atoms with Crippen molar-refractivity contribution >= 4 is 35.3 Å². The maximum absolute atomic E-state index is 12.4. The monoisotopic (exact) mass is 442 g/mol. The second kappa shape index (κ2) is 10.4. The number of amides is 2. The summed E-state index contributed by atoms with van der Waals surface area (Å²) in [5.74, 6) is 1.53. The van der Waals surface area contributed by atoms with Crippen LogP contribution in [-0.2, 0) is 11.2 Å². The Kier molecular flexibility index (Phi) is 7.89. The Morgan fingerprint density at radius 2 is 1.83 bits per heavy atom. The van der Waals surface area contributed by atoms with Gasteiger partial charge in [-0.3, -0.25) is 9.59 Å². The summed E-state index contributed by atoms with van der Waals surface area (Å²) in [6, 6.07) is 17.9. The van der Waals surface area contributed by atoms with E-state index >= 15 is 0 Å². The van der Waals surface area contributed by atoms with Gasteiger partial charge in [0.15, 0.2) is 0 Å². The Labute approximate surface area is 188 Å². The first-order valence-electron chi connectivity index (χ1n) is 10.3. The summed E-state index contributed by atoms with van der Waals surface area (Å²) >= 11 is 3.49. The Hall–Kier alpha value is -1.92. The summed E-state index contributed by atoms with van der Waals surface area (Å²) in [7, 11) is 0. The molecule has 1 aliphatic rings.